The molecule has 0 aliphatic rings. The fourth-order valence-electron chi connectivity index (χ4n) is 7.23. The molecule has 0 atom stereocenters. The zero-order valence-corrected chi connectivity index (χ0v) is 34.1. The van der Waals surface area contributed by atoms with E-state index in [1.165, 1.54) is 39.1 Å². The van der Waals surface area contributed by atoms with Crippen molar-refractivity contribution < 1.29 is 25.8 Å². The summed E-state index contributed by atoms with van der Waals surface area (Å²) < 4.78 is 11.0. The van der Waals surface area contributed by atoms with Gasteiger partial charge >= 0.3 is 21.1 Å². The van der Waals surface area contributed by atoms with Gasteiger partial charge in [0.2, 0.25) is 0 Å². The Morgan fingerprint density at radius 2 is 1.56 bits per heavy atom. The third-order valence-electron chi connectivity index (χ3n) is 10.0. The smallest absolute Gasteiger partial charge is 0.509 e. The summed E-state index contributed by atoms with van der Waals surface area (Å²) in [5.74, 6) is 2.42. The second-order valence-corrected chi connectivity index (χ2v) is 15.2. The van der Waals surface area contributed by atoms with Gasteiger partial charge in [-0.05, 0) is 96.5 Å². The number of benzene rings is 4. The minimum Gasteiger partial charge on any atom is -0.509 e. The van der Waals surface area contributed by atoms with Crippen molar-refractivity contribution in [2.24, 2.45) is 0 Å². The fraction of sp³-hybridized carbons (Fsp3) is 0.304. The zero-order valence-electron chi connectivity index (χ0n) is 31.8. The van der Waals surface area contributed by atoms with Gasteiger partial charge in [-0.1, -0.05) is 89.9 Å². The predicted molar refractivity (Wildman–Crippen MR) is 211 cm³/mol. The first-order valence-electron chi connectivity index (χ1n) is 18.3. The molecule has 0 radical (unpaired) electrons. The predicted octanol–water partition coefficient (Wildman–Crippen LogP) is 12.1. The number of hydrogen-bond donors (Lipinski definition) is 0. The molecule has 0 saturated heterocycles. The number of fused-ring (bicyclic) bond motifs is 3. The van der Waals surface area contributed by atoms with Crippen LogP contribution in [-0.2, 0) is 32.9 Å². The van der Waals surface area contributed by atoms with E-state index in [9.17, 15) is 0 Å². The monoisotopic (exact) mass is 867 g/mol. The van der Waals surface area contributed by atoms with E-state index in [0.29, 0.717) is 11.5 Å². The van der Waals surface area contributed by atoms with Crippen LogP contribution in [0.25, 0.3) is 44.4 Å². The summed E-state index contributed by atoms with van der Waals surface area (Å²) in [4.78, 5) is 4.84. The van der Waals surface area contributed by atoms with Crippen LogP contribution in [0.4, 0.5) is 0 Å². The Labute approximate surface area is 323 Å². The van der Waals surface area contributed by atoms with E-state index in [-0.39, 0.29) is 32.4 Å². The van der Waals surface area contributed by atoms with Crippen LogP contribution in [0.5, 0.6) is 11.5 Å². The van der Waals surface area contributed by atoms with Crippen LogP contribution < -0.4 is 4.74 Å². The molecule has 7 rings (SSSR count). The summed E-state index contributed by atoms with van der Waals surface area (Å²) in [7, 11) is 0. The largest absolute Gasteiger partial charge is 2.00 e. The Morgan fingerprint density at radius 3 is 2.27 bits per heavy atom. The molecule has 0 fully saturated rings. The number of nitrogens with zero attached hydrogens (tertiary/aromatic N) is 4. The first-order chi connectivity index (χ1) is 24.4. The van der Waals surface area contributed by atoms with Crippen LogP contribution in [0.3, 0.4) is 0 Å². The maximum absolute atomic E-state index is 6.70. The molecule has 0 aliphatic heterocycles. The van der Waals surface area contributed by atoms with Gasteiger partial charge in [0, 0.05) is 34.5 Å². The standard InChI is InChI=1S/C46H48N4O.Pt/c1-10-11-18-41-45(44-30(4)15-14-16-31(44)5)32(6)48-50(41)35-24-33(29(2)3)25-37(27-35)51-36-20-21-39-38-17-12-13-19-40(38)49(42(39)28-36)43-26-34(22-23-47-43)46(7,8)9;/h12-17,19-26,29H,10-11,18H2,1-9H3;/q-2;+2. The summed E-state index contributed by atoms with van der Waals surface area (Å²) in [6, 6.07) is 35.0. The van der Waals surface area contributed by atoms with Crippen molar-refractivity contribution in [1.29, 1.82) is 0 Å². The van der Waals surface area contributed by atoms with Crippen LogP contribution in [0.1, 0.15) is 93.9 Å². The van der Waals surface area contributed by atoms with E-state index in [4.69, 9.17) is 14.8 Å². The van der Waals surface area contributed by atoms with E-state index in [1.807, 2.05) is 12.3 Å². The molecular weight excluding hydrogens is 820 g/mol. The van der Waals surface area contributed by atoms with Gasteiger partial charge in [-0.25, -0.2) is 4.98 Å². The molecule has 268 valence electrons. The van der Waals surface area contributed by atoms with Crippen LogP contribution in [0.15, 0.2) is 85.1 Å². The van der Waals surface area contributed by atoms with E-state index in [1.54, 1.807) is 0 Å². The normalized spacial score (nSPS) is 11.8. The van der Waals surface area contributed by atoms with E-state index < -0.39 is 0 Å². The molecule has 0 amide bonds. The Kier molecular flexibility index (Phi) is 10.7. The average molecular weight is 868 g/mol. The number of hydrogen-bond acceptors (Lipinski definition) is 3. The van der Waals surface area contributed by atoms with E-state index in [2.05, 4.69) is 156 Å². The average Bonchev–Trinajstić information content (AvgIpc) is 3.60. The summed E-state index contributed by atoms with van der Waals surface area (Å²) in [5.41, 5.74) is 12.6. The third-order valence-corrected chi connectivity index (χ3v) is 10.0. The minimum atomic E-state index is -0.00749. The molecule has 3 heterocycles. The van der Waals surface area contributed by atoms with Crippen LogP contribution in [0.2, 0.25) is 0 Å². The van der Waals surface area contributed by atoms with Gasteiger partial charge in [-0.3, -0.25) is 4.68 Å². The molecule has 0 spiro atoms. The maximum Gasteiger partial charge on any atom is 2.00 e. The van der Waals surface area contributed by atoms with Gasteiger partial charge in [-0.2, -0.15) is 11.2 Å². The number of unbranched alkanes of at least 4 members (excludes halogenated alkanes) is 1. The number of aromatic nitrogens is 4. The Balaban J connectivity index is 0.00000464. The molecule has 0 unspecified atom stereocenters. The molecule has 7 aromatic rings. The number of rotatable bonds is 9. The quantitative estimate of drug-likeness (QED) is 0.136. The topological polar surface area (TPSA) is 44.9 Å². The minimum absolute atomic E-state index is 0. The number of para-hydroxylation sites is 1. The Morgan fingerprint density at radius 1 is 0.808 bits per heavy atom. The van der Waals surface area contributed by atoms with Crippen molar-refractivity contribution in [2.75, 3.05) is 0 Å². The van der Waals surface area contributed by atoms with E-state index >= 15 is 0 Å². The third kappa shape index (κ3) is 7.00. The zero-order chi connectivity index (χ0) is 36.0. The SMILES string of the molecule is CCCCc1c(-c2c(C)cccc2C)c(C)nn1-c1[c-]c(Oc2[c-]c3c(cc2)c2ccccc2n3-c2cc(C(C)(C)C)ccn2)cc(C(C)C)c1.[Pt+2]. The molecule has 6 heteroatoms. The molecule has 4 aromatic carbocycles. The Hall–Kier alpha value is -4.47. The van der Waals surface area contributed by atoms with Crippen molar-refractivity contribution in [3.05, 3.63) is 131 Å². The van der Waals surface area contributed by atoms with Gasteiger partial charge < -0.3 is 9.30 Å². The second-order valence-electron chi connectivity index (χ2n) is 15.2. The number of aryl methyl sites for hydroxylation is 3. The van der Waals surface area contributed by atoms with Gasteiger partial charge in [-0.15, -0.1) is 41.3 Å². The Bertz CT molecular complexity index is 2370. The maximum atomic E-state index is 6.70. The fourth-order valence-corrected chi connectivity index (χ4v) is 7.23. The molecule has 3 aromatic heterocycles. The summed E-state index contributed by atoms with van der Waals surface area (Å²) in [5, 5.41) is 7.45. The van der Waals surface area contributed by atoms with Crippen molar-refractivity contribution in [3.63, 3.8) is 0 Å². The first-order valence-corrected chi connectivity index (χ1v) is 18.3. The molecule has 0 aliphatic carbocycles. The number of pyridine rings is 1. The molecular formula is C46H48N4OPt. The molecule has 52 heavy (non-hydrogen) atoms. The molecule has 5 nitrogen and oxygen atoms in total. The second kappa shape index (κ2) is 14.9. The summed E-state index contributed by atoms with van der Waals surface area (Å²) in [6.45, 7) is 19.9. The van der Waals surface area contributed by atoms with Crippen molar-refractivity contribution >= 4 is 21.8 Å². The van der Waals surface area contributed by atoms with E-state index in [0.717, 1.165) is 58.3 Å². The van der Waals surface area contributed by atoms with Gasteiger partial charge in [0.15, 0.2) is 0 Å². The van der Waals surface area contributed by atoms with Crippen LogP contribution in [0, 0.1) is 32.9 Å². The van der Waals surface area contributed by atoms with Gasteiger partial charge in [0.25, 0.3) is 0 Å². The number of ether oxygens (including phenoxy) is 1. The summed E-state index contributed by atoms with van der Waals surface area (Å²) >= 11 is 0. The van der Waals surface area contributed by atoms with Crippen LogP contribution in [-0.4, -0.2) is 19.3 Å². The summed E-state index contributed by atoms with van der Waals surface area (Å²) in [6.07, 6.45) is 5.01. The van der Waals surface area contributed by atoms with Gasteiger partial charge in [0.1, 0.15) is 5.82 Å². The van der Waals surface area contributed by atoms with Crippen molar-refractivity contribution in [3.8, 4) is 34.1 Å². The molecule has 0 saturated carbocycles. The first kappa shape index (κ1) is 37.3. The molecule has 0 bridgehead atoms. The van der Waals surface area contributed by atoms with Gasteiger partial charge in [0.05, 0.1) is 5.69 Å². The van der Waals surface area contributed by atoms with Crippen molar-refractivity contribution in [2.45, 2.75) is 92.9 Å². The molecule has 0 N–H and O–H groups in total. The van der Waals surface area contributed by atoms with Crippen LogP contribution >= 0.6 is 0 Å². The van der Waals surface area contributed by atoms with Crippen molar-refractivity contribution in [1.82, 2.24) is 19.3 Å².